The maximum Gasteiger partial charge on any atom is 0.333 e. The third-order valence-electron chi connectivity index (χ3n) is 2.25. The minimum Gasteiger partial charge on any atom is -0.462 e. The number of carbonyl (C=O) groups is 1. The Balaban J connectivity index is 2.20. The van der Waals surface area contributed by atoms with E-state index in [0.717, 1.165) is 19.5 Å². The Hall–Kier alpha value is -1.58. The molecule has 0 aromatic carbocycles. The highest BCUT2D eigenvalue weighted by Gasteiger charge is 2.04. The second kappa shape index (κ2) is 6.10. The molecule has 1 heterocycles. The second-order valence-electron chi connectivity index (χ2n) is 3.75. The summed E-state index contributed by atoms with van der Waals surface area (Å²) in [4.78, 5) is 11.1. The van der Waals surface area contributed by atoms with Gasteiger partial charge in [-0.25, -0.2) is 13.9 Å². The third-order valence-corrected chi connectivity index (χ3v) is 2.25. The number of hydrogen-bond acceptors (Lipinski definition) is 2. The van der Waals surface area contributed by atoms with Gasteiger partial charge in [-0.3, -0.25) is 0 Å². The van der Waals surface area contributed by atoms with Gasteiger partial charge < -0.3 is 4.74 Å². The van der Waals surface area contributed by atoms with Crippen molar-refractivity contribution in [2.24, 2.45) is 0 Å². The maximum absolute atomic E-state index is 11.1. The summed E-state index contributed by atoms with van der Waals surface area (Å²) >= 11 is 0. The van der Waals surface area contributed by atoms with Crippen LogP contribution in [0.15, 0.2) is 30.9 Å². The highest BCUT2D eigenvalue weighted by Crippen LogP contribution is 1.93. The Morgan fingerprint density at radius 3 is 2.88 bits per heavy atom. The SMILES string of the molecule is C=C(C)C(=O)OCCC[n+]1ccn(CC)c1. The van der Waals surface area contributed by atoms with Crippen LogP contribution in [0.25, 0.3) is 0 Å². The molecule has 1 aromatic rings. The molecule has 1 rings (SSSR count). The Bertz CT molecular complexity index is 369. The van der Waals surface area contributed by atoms with E-state index in [1.54, 1.807) is 6.92 Å². The molecule has 0 aliphatic rings. The van der Waals surface area contributed by atoms with Crippen LogP contribution in [0.5, 0.6) is 0 Å². The van der Waals surface area contributed by atoms with Gasteiger partial charge in [-0.05, 0) is 13.8 Å². The lowest BCUT2D eigenvalue weighted by Gasteiger charge is -2.02. The number of rotatable bonds is 6. The molecule has 0 bridgehead atoms. The molecule has 0 N–H and O–H groups in total. The van der Waals surface area contributed by atoms with Crippen molar-refractivity contribution in [3.8, 4) is 0 Å². The van der Waals surface area contributed by atoms with Crippen LogP contribution in [-0.2, 0) is 22.6 Å². The van der Waals surface area contributed by atoms with Crippen molar-refractivity contribution >= 4 is 5.97 Å². The topological polar surface area (TPSA) is 35.1 Å². The summed E-state index contributed by atoms with van der Waals surface area (Å²) < 4.78 is 9.18. The molecular formula is C12H19N2O2+. The van der Waals surface area contributed by atoms with Gasteiger partial charge >= 0.3 is 5.97 Å². The molecular weight excluding hydrogens is 204 g/mol. The molecule has 0 radical (unpaired) electrons. The zero-order chi connectivity index (χ0) is 12.0. The monoisotopic (exact) mass is 223 g/mol. The first-order chi connectivity index (χ1) is 7.63. The average molecular weight is 223 g/mol. The molecule has 4 heteroatoms. The Kier molecular flexibility index (Phi) is 4.76. The molecule has 0 atom stereocenters. The lowest BCUT2D eigenvalue weighted by molar-refractivity contribution is -0.697. The highest BCUT2D eigenvalue weighted by molar-refractivity contribution is 5.86. The van der Waals surface area contributed by atoms with Gasteiger partial charge in [0.1, 0.15) is 12.4 Å². The minimum absolute atomic E-state index is 0.309. The Morgan fingerprint density at radius 1 is 1.56 bits per heavy atom. The lowest BCUT2D eigenvalue weighted by atomic mass is 10.3. The van der Waals surface area contributed by atoms with Crippen LogP contribution in [0.4, 0.5) is 0 Å². The summed E-state index contributed by atoms with van der Waals surface area (Å²) in [5.74, 6) is -0.309. The van der Waals surface area contributed by atoms with Crippen LogP contribution in [0.2, 0.25) is 0 Å². The fourth-order valence-electron chi connectivity index (χ4n) is 1.29. The average Bonchev–Trinajstić information content (AvgIpc) is 2.71. The van der Waals surface area contributed by atoms with Gasteiger partial charge in [0, 0.05) is 12.0 Å². The molecule has 0 aliphatic heterocycles. The first-order valence-corrected chi connectivity index (χ1v) is 5.51. The standard InChI is InChI=1S/C12H19N2O2/c1-4-13-7-8-14(10-13)6-5-9-16-12(15)11(2)3/h7-8,10H,2,4-6,9H2,1,3H3/q+1. The third kappa shape index (κ3) is 3.88. The summed E-state index contributed by atoms with van der Waals surface area (Å²) in [6.45, 7) is 9.54. The molecule has 0 amide bonds. The molecule has 0 aliphatic carbocycles. The van der Waals surface area contributed by atoms with Gasteiger partial charge in [-0.1, -0.05) is 6.58 Å². The number of nitrogens with zero attached hydrogens (tertiary/aromatic N) is 2. The second-order valence-corrected chi connectivity index (χ2v) is 3.75. The van der Waals surface area contributed by atoms with Crippen LogP contribution >= 0.6 is 0 Å². The smallest absolute Gasteiger partial charge is 0.333 e. The summed E-state index contributed by atoms with van der Waals surface area (Å²) in [5, 5.41) is 0. The van der Waals surface area contributed by atoms with Gasteiger partial charge in [0.25, 0.3) is 0 Å². The molecule has 88 valence electrons. The molecule has 4 nitrogen and oxygen atoms in total. The van der Waals surface area contributed by atoms with Crippen molar-refractivity contribution in [3.05, 3.63) is 30.9 Å². The van der Waals surface area contributed by atoms with E-state index in [2.05, 4.69) is 22.6 Å². The van der Waals surface area contributed by atoms with Gasteiger partial charge in [0.15, 0.2) is 0 Å². The van der Waals surface area contributed by atoms with E-state index in [4.69, 9.17) is 4.74 Å². The molecule has 0 saturated carbocycles. The van der Waals surface area contributed by atoms with Crippen LogP contribution in [0.3, 0.4) is 0 Å². The molecule has 16 heavy (non-hydrogen) atoms. The Labute approximate surface area is 96.2 Å². The van der Waals surface area contributed by atoms with E-state index in [9.17, 15) is 4.79 Å². The fourth-order valence-corrected chi connectivity index (χ4v) is 1.29. The first-order valence-electron chi connectivity index (χ1n) is 5.51. The zero-order valence-electron chi connectivity index (χ0n) is 9.98. The van der Waals surface area contributed by atoms with Gasteiger partial charge in [-0.2, -0.15) is 0 Å². The summed E-state index contributed by atoms with van der Waals surface area (Å²) in [6.07, 6.45) is 6.90. The van der Waals surface area contributed by atoms with Crippen molar-refractivity contribution in [1.29, 1.82) is 0 Å². The molecule has 0 spiro atoms. The lowest BCUT2D eigenvalue weighted by Crippen LogP contribution is -2.31. The normalized spacial score (nSPS) is 10.1. The predicted molar refractivity (Wildman–Crippen MR) is 60.7 cm³/mol. The van der Waals surface area contributed by atoms with Crippen molar-refractivity contribution in [1.82, 2.24) is 4.57 Å². The van der Waals surface area contributed by atoms with Crippen LogP contribution < -0.4 is 4.57 Å². The molecule has 1 aromatic heterocycles. The fraction of sp³-hybridized carbons (Fsp3) is 0.500. The number of hydrogen-bond donors (Lipinski definition) is 0. The predicted octanol–water partition coefficient (Wildman–Crippen LogP) is 1.30. The molecule has 0 saturated heterocycles. The van der Waals surface area contributed by atoms with Crippen molar-refractivity contribution in [2.45, 2.75) is 33.4 Å². The van der Waals surface area contributed by atoms with Crippen molar-refractivity contribution in [3.63, 3.8) is 0 Å². The first kappa shape index (κ1) is 12.5. The van der Waals surface area contributed by atoms with Gasteiger partial charge in [0.05, 0.1) is 19.7 Å². The van der Waals surface area contributed by atoms with Crippen LogP contribution in [0.1, 0.15) is 20.3 Å². The highest BCUT2D eigenvalue weighted by atomic mass is 16.5. The number of ether oxygens (including phenoxy) is 1. The number of esters is 1. The zero-order valence-corrected chi connectivity index (χ0v) is 9.98. The van der Waals surface area contributed by atoms with Crippen LogP contribution in [-0.4, -0.2) is 17.1 Å². The largest absolute Gasteiger partial charge is 0.462 e. The van der Waals surface area contributed by atoms with E-state index in [0.29, 0.717) is 12.2 Å². The summed E-state index contributed by atoms with van der Waals surface area (Å²) in [6, 6.07) is 0. The summed E-state index contributed by atoms with van der Waals surface area (Å²) in [7, 11) is 0. The van der Waals surface area contributed by atoms with E-state index >= 15 is 0 Å². The molecule has 0 fully saturated rings. The van der Waals surface area contributed by atoms with Crippen molar-refractivity contribution in [2.75, 3.05) is 6.61 Å². The minimum atomic E-state index is -0.309. The number of carbonyl (C=O) groups excluding carboxylic acids is 1. The molecule has 0 unspecified atom stereocenters. The number of aryl methyl sites for hydroxylation is 2. The number of aromatic nitrogens is 2. The van der Waals surface area contributed by atoms with E-state index in [-0.39, 0.29) is 5.97 Å². The van der Waals surface area contributed by atoms with Gasteiger partial charge in [0.2, 0.25) is 6.33 Å². The number of imidazole rings is 1. The van der Waals surface area contributed by atoms with E-state index in [1.165, 1.54) is 0 Å². The van der Waals surface area contributed by atoms with E-state index < -0.39 is 0 Å². The van der Waals surface area contributed by atoms with Crippen LogP contribution in [0, 0.1) is 0 Å². The Morgan fingerprint density at radius 2 is 2.31 bits per heavy atom. The summed E-state index contributed by atoms with van der Waals surface area (Å²) in [5.41, 5.74) is 0.449. The van der Waals surface area contributed by atoms with Gasteiger partial charge in [-0.15, -0.1) is 0 Å². The maximum atomic E-state index is 11.1. The van der Waals surface area contributed by atoms with Crippen molar-refractivity contribution < 1.29 is 14.1 Å². The van der Waals surface area contributed by atoms with E-state index in [1.807, 2.05) is 18.7 Å². The quantitative estimate of drug-likeness (QED) is 0.315.